The van der Waals surface area contributed by atoms with Crippen molar-refractivity contribution in [3.63, 3.8) is 0 Å². The van der Waals surface area contributed by atoms with Gasteiger partial charge >= 0.3 is 0 Å². The molecule has 4 nitrogen and oxygen atoms in total. The number of rotatable bonds is 7. The van der Waals surface area contributed by atoms with Crippen LogP contribution >= 0.6 is 0 Å². The molecule has 0 unspecified atom stereocenters. The summed E-state index contributed by atoms with van der Waals surface area (Å²) in [6.07, 6.45) is 3.62. The van der Waals surface area contributed by atoms with Crippen LogP contribution in [0.2, 0.25) is 0 Å². The van der Waals surface area contributed by atoms with Crippen molar-refractivity contribution in [3.05, 3.63) is 29.8 Å². The van der Waals surface area contributed by atoms with Gasteiger partial charge in [0.05, 0.1) is 11.4 Å². The predicted molar refractivity (Wildman–Crippen MR) is 83.7 cm³/mol. The van der Waals surface area contributed by atoms with Crippen molar-refractivity contribution >= 4 is 15.7 Å². The molecule has 0 radical (unpaired) electrons. The van der Waals surface area contributed by atoms with Crippen LogP contribution in [0.3, 0.4) is 0 Å². The number of hydrogen-bond acceptors (Lipinski definition) is 3. The summed E-state index contributed by atoms with van der Waals surface area (Å²) in [5.74, 6) is 0.220. The fourth-order valence-corrected chi connectivity index (χ4v) is 4.19. The topological polar surface area (TPSA) is 49.4 Å². The molecule has 1 heterocycles. The van der Waals surface area contributed by atoms with Crippen LogP contribution in [0.25, 0.3) is 0 Å². The minimum atomic E-state index is -3.19. The van der Waals surface area contributed by atoms with Crippen molar-refractivity contribution in [2.75, 3.05) is 29.7 Å². The van der Waals surface area contributed by atoms with Gasteiger partial charge in [0.25, 0.3) is 0 Å². The summed E-state index contributed by atoms with van der Waals surface area (Å²) in [5, 5.41) is 3.25. The van der Waals surface area contributed by atoms with Gasteiger partial charge in [0, 0.05) is 6.54 Å². The fourth-order valence-electron chi connectivity index (χ4n) is 2.58. The van der Waals surface area contributed by atoms with E-state index < -0.39 is 10.0 Å². The third-order valence-electron chi connectivity index (χ3n) is 3.59. The Kier molecular flexibility index (Phi) is 5.43. The number of benzene rings is 1. The fraction of sp³-hybridized carbons (Fsp3) is 0.600. The van der Waals surface area contributed by atoms with Gasteiger partial charge in [-0.05, 0) is 50.4 Å². The lowest BCUT2D eigenvalue weighted by molar-refractivity contribution is 0.579. The van der Waals surface area contributed by atoms with E-state index in [1.54, 1.807) is 4.31 Å². The second kappa shape index (κ2) is 7.09. The molecule has 0 aliphatic carbocycles. The Bertz CT molecular complexity index is 528. The molecule has 20 heavy (non-hydrogen) atoms. The predicted octanol–water partition coefficient (Wildman–Crippen LogP) is 2.16. The lowest BCUT2D eigenvalue weighted by atomic mass is 10.0. The molecule has 2 rings (SSSR count). The van der Waals surface area contributed by atoms with E-state index in [9.17, 15) is 8.42 Å². The molecule has 1 aliphatic rings. The summed E-state index contributed by atoms with van der Waals surface area (Å²) >= 11 is 0. The van der Waals surface area contributed by atoms with Gasteiger partial charge < -0.3 is 5.32 Å². The minimum absolute atomic E-state index is 0.220. The maximum atomic E-state index is 12.5. The Balaban J connectivity index is 2.00. The molecule has 1 N–H and O–H groups in total. The van der Waals surface area contributed by atoms with Crippen LogP contribution in [0.15, 0.2) is 24.3 Å². The lowest BCUT2D eigenvalue weighted by Crippen LogP contribution is -2.37. The highest BCUT2D eigenvalue weighted by Gasteiger charge is 2.26. The number of hydrogen-bond donors (Lipinski definition) is 1. The zero-order chi connectivity index (χ0) is 14.4. The number of anilines is 1. The van der Waals surface area contributed by atoms with E-state index in [-0.39, 0.29) is 5.75 Å². The van der Waals surface area contributed by atoms with Crippen LogP contribution < -0.4 is 9.62 Å². The second-order valence-electron chi connectivity index (χ2n) is 5.22. The first kappa shape index (κ1) is 15.3. The van der Waals surface area contributed by atoms with E-state index in [1.165, 1.54) is 0 Å². The van der Waals surface area contributed by atoms with Crippen LogP contribution in [-0.2, 0) is 16.4 Å². The Hall–Kier alpha value is -1.07. The Morgan fingerprint density at radius 1 is 1.25 bits per heavy atom. The molecule has 1 aromatic rings. The Labute approximate surface area is 122 Å². The number of para-hydroxylation sites is 1. The maximum absolute atomic E-state index is 12.5. The van der Waals surface area contributed by atoms with Crippen molar-refractivity contribution in [2.24, 2.45) is 0 Å². The monoisotopic (exact) mass is 296 g/mol. The van der Waals surface area contributed by atoms with E-state index in [4.69, 9.17) is 0 Å². The third-order valence-corrected chi connectivity index (χ3v) is 5.44. The number of nitrogens with one attached hydrogen (secondary N) is 1. The molecule has 0 saturated heterocycles. The first-order chi connectivity index (χ1) is 9.65. The van der Waals surface area contributed by atoms with Crippen molar-refractivity contribution < 1.29 is 8.42 Å². The zero-order valence-corrected chi connectivity index (χ0v) is 13.0. The van der Waals surface area contributed by atoms with Gasteiger partial charge in [0.15, 0.2) is 0 Å². The van der Waals surface area contributed by atoms with E-state index in [0.29, 0.717) is 13.0 Å². The van der Waals surface area contributed by atoms with Crippen LogP contribution in [-0.4, -0.2) is 33.8 Å². The van der Waals surface area contributed by atoms with Crippen LogP contribution in [0.4, 0.5) is 5.69 Å². The van der Waals surface area contributed by atoms with Gasteiger partial charge in [-0.25, -0.2) is 8.42 Å². The molecule has 0 fully saturated rings. The van der Waals surface area contributed by atoms with Crippen molar-refractivity contribution in [1.82, 2.24) is 5.32 Å². The highest BCUT2D eigenvalue weighted by molar-refractivity contribution is 7.92. The molecule has 0 saturated carbocycles. The molecule has 1 aromatic carbocycles. The molecule has 0 spiro atoms. The van der Waals surface area contributed by atoms with E-state index in [2.05, 4.69) is 12.2 Å². The zero-order valence-electron chi connectivity index (χ0n) is 12.1. The molecule has 112 valence electrons. The van der Waals surface area contributed by atoms with Gasteiger partial charge in [-0.3, -0.25) is 4.31 Å². The first-order valence-electron chi connectivity index (χ1n) is 7.44. The third kappa shape index (κ3) is 3.73. The highest BCUT2D eigenvalue weighted by atomic mass is 32.2. The van der Waals surface area contributed by atoms with Gasteiger partial charge in [0.2, 0.25) is 10.0 Å². The smallest absolute Gasteiger partial charge is 0.235 e. The van der Waals surface area contributed by atoms with Crippen molar-refractivity contribution in [1.29, 1.82) is 0 Å². The van der Waals surface area contributed by atoms with Crippen molar-refractivity contribution in [2.45, 2.75) is 32.6 Å². The van der Waals surface area contributed by atoms with Gasteiger partial charge in [-0.15, -0.1) is 0 Å². The van der Waals surface area contributed by atoms with Gasteiger partial charge in [0.1, 0.15) is 0 Å². The molecule has 0 aromatic heterocycles. The van der Waals surface area contributed by atoms with E-state index in [1.807, 2.05) is 24.3 Å². The second-order valence-corrected chi connectivity index (χ2v) is 7.24. The molecule has 0 amide bonds. The molecule has 0 atom stereocenters. The largest absolute Gasteiger partial charge is 0.317 e. The number of aryl methyl sites for hydroxylation is 1. The average molecular weight is 296 g/mol. The molecular weight excluding hydrogens is 272 g/mol. The summed E-state index contributed by atoms with van der Waals surface area (Å²) in [4.78, 5) is 0. The number of sulfonamides is 1. The van der Waals surface area contributed by atoms with Crippen LogP contribution in [0, 0.1) is 0 Å². The summed E-state index contributed by atoms with van der Waals surface area (Å²) < 4.78 is 26.6. The highest BCUT2D eigenvalue weighted by Crippen LogP contribution is 2.29. The summed E-state index contributed by atoms with van der Waals surface area (Å²) in [7, 11) is -3.19. The average Bonchev–Trinajstić information content (AvgIpc) is 2.46. The summed E-state index contributed by atoms with van der Waals surface area (Å²) in [6.45, 7) is 4.44. The quantitative estimate of drug-likeness (QED) is 0.784. The molecule has 5 heteroatoms. The van der Waals surface area contributed by atoms with Gasteiger partial charge in [-0.2, -0.15) is 0 Å². The summed E-state index contributed by atoms with van der Waals surface area (Å²) in [5.41, 5.74) is 2.02. The van der Waals surface area contributed by atoms with Gasteiger partial charge in [-0.1, -0.05) is 25.1 Å². The van der Waals surface area contributed by atoms with E-state index >= 15 is 0 Å². The minimum Gasteiger partial charge on any atom is -0.317 e. The maximum Gasteiger partial charge on any atom is 0.235 e. The number of nitrogens with zero attached hydrogens (tertiary/aromatic N) is 1. The molecule has 0 bridgehead atoms. The lowest BCUT2D eigenvalue weighted by Gasteiger charge is -2.30. The Morgan fingerprint density at radius 3 is 2.85 bits per heavy atom. The Morgan fingerprint density at radius 2 is 2.05 bits per heavy atom. The first-order valence-corrected chi connectivity index (χ1v) is 9.05. The SMILES string of the molecule is CCCNCCCS(=O)(=O)N1CCCc2ccccc21. The molecule has 1 aliphatic heterocycles. The van der Waals surface area contributed by atoms with E-state index in [0.717, 1.165) is 43.6 Å². The standard InChI is InChI=1S/C15H24N2O2S/c1-2-10-16-11-6-13-20(18,19)17-12-5-8-14-7-3-4-9-15(14)17/h3-4,7,9,16H,2,5-6,8,10-13H2,1H3. The van der Waals surface area contributed by atoms with Crippen LogP contribution in [0.5, 0.6) is 0 Å². The molecular formula is C15H24N2O2S. The number of fused-ring (bicyclic) bond motifs is 1. The van der Waals surface area contributed by atoms with Crippen molar-refractivity contribution in [3.8, 4) is 0 Å². The van der Waals surface area contributed by atoms with Crippen LogP contribution in [0.1, 0.15) is 31.7 Å². The summed E-state index contributed by atoms with van der Waals surface area (Å²) in [6, 6.07) is 7.83. The normalized spacial score (nSPS) is 15.2.